The van der Waals surface area contributed by atoms with E-state index in [9.17, 15) is 4.79 Å². The van der Waals surface area contributed by atoms with Crippen LogP contribution in [0.15, 0.2) is 91.0 Å². The Morgan fingerprint density at radius 1 is 0.735 bits per heavy atom. The van der Waals surface area contributed by atoms with Crippen molar-refractivity contribution in [2.75, 3.05) is 0 Å². The quantitative estimate of drug-likeness (QED) is 0.203. The van der Waals surface area contributed by atoms with Crippen molar-refractivity contribution >= 4 is 61.6 Å². The number of hydrogen-bond donors (Lipinski definition) is 1. The summed E-state index contributed by atoms with van der Waals surface area (Å²) in [5.74, 6) is 0.630. The van der Waals surface area contributed by atoms with Crippen molar-refractivity contribution in [3.63, 3.8) is 0 Å². The molecule has 0 amide bonds. The first-order valence-electron chi connectivity index (χ1n) is 10.9. The summed E-state index contributed by atoms with van der Waals surface area (Å²) < 4.78 is 0. The third-order valence-electron chi connectivity index (χ3n) is 6.14. The van der Waals surface area contributed by atoms with Crippen LogP contribution in [0.4, 0.5) is 0 Å². The fraction of sp³-hybridized carbons (Fsp3) is 0.0345. The molecule has 5 heteroatoms. The van der Waals surface area contributed by atoms with Gasteiger partial charge in [-0.05, 0) is 69.6 Å². The summed E-state index contributed by atoms with van der Waals surface area (Å²) in [6.45, 7) is 0. The Labute approximate surface area is 206 Å². The van der Waals surface area contributed by atoms with Gasteiger partial charge >= 0.3 is 0 Å². The van der Waals surface area contributed by atoms with E-state index in [0.717, 1.165) is 22.0 Å². The number of aromatic amines is 1. The highest BCUT2D eigenvalue weighted by Gasteiger charge is 2.15. The Morgan fingerprint density at radius 3 is 2.21 bits per heavy atom. The van der Waals surface area contributed by atoms with Gasteiger partial charge in [-0.1, -0.05) is 71.7 Å². The molecule has 0 aliphatic rings. The monoisotopic (exact) mass is 480 g/mol. The molecule has 0 unspecified atom stereocenters. The van der Waals surface area contributed by atoms with Crippen LogP contribution in [-0.2, 0) is 6.42 Å². The normalized spacial score (nSPS) is 11.5. The molecule has 6 aromatic rings. The fourth-order valence-electron chi connectivity index (χ4n) is 4.41. The number of nitrogens with zero attached hydrogens (tertiary/aromatic N) is 1. The van der Waals surface area contributed by atoms with Crippen molar-refractivity contribution < 1.29 is 4.79 Å². The first-order chi connectivity index (χ1) is 16.5. The Bertz CT molecular complexity index is 1720. The van der Waals surface area contributed by atoms with Crippen molar-refractivity contribution in [2.45, 2.75) is 6.42 Å². The van der Waals surface area contributed by atoms with Gasteiger partial charge in [-0.3, -0.25) is 4.79 Å². The van der Waals surface area contributed by atoms with Crippen LogP contribution < -0.4 is 0 Å². The van der Waals surface area contributed by atoms with Crippen LogP contribution in [0.1, 0.15) is 15.9 Å². The maximum absolute atomic E-state index is 13.1. The third kappa shape index (κ3) is 3.73. The zero-order valence-electron chi connectivity index (χ0n) is 18.0. The topological polar surface area (TPSA) is 45.8 Å². The van der Waals surface area contributed by atoms with Crippen molar-refractivity contribution in [3.05, 3.63) is 112 Å². The number of H-pyrrole nitrogens is 1. The summed E-state index contributed by atoms with van der Waals surface area (Å²) in [6.07, 6.45) is 0.325. The van der Waals surface area contributed by atoms with Gasteiger partial charge in [0.1, 0.15) is 5.82 Å². The number of Topliss-reactive ketones (excluding diaryl/α,β-unsaturated/α-hetero) is 1. The zero-order chi connectivity index (χ0) is 23.2. The van der Waals surface area contributed by atoms with E-state index >= 15 is 0 Å². The first-order valence-corrected chi connectivity index (χ1v) is 11.7. The summed E-state index contributed by atoms with van der Waals surface area (Å²) in [5.41, 5.74) is 3.79. The van der Waals surface area contributed by atoms with Crippen LogP contribution in [0.5, 0.6) is 0 Å². The van der Waals surface area contributed by atoms with Crippen LogP contribution in [0.25, 0.3) is 44.0 Å². The molecule has 0 atom stereocenters. The van der Waals surface area contributed by atoms with E-state index in [2.05, 4.69) is 46.4 Å². The number of ketones is 1. The maximum Gasteiger partial charge on any atom is 0.167 e. The number of nitrogens with one attached hydrogen (secondary N) is 1. The van der Waals surface area contributed by atoms with Gasteiger partial charge < -0.3 is 4.98 Å². The third-order valence-corrected chi connectivity index (χ3v) is 6.77. The highest BCUT2D eigenvalue weighted by molar-refractivity contribution is 6.39. The van der Waals surface area contributed by atoms with Crippen LogP contribution in [-0.4, -0.2) is 15.8 Å². The molecular formula is C29H18Cl2N2O. The predicted octanol–water partition coefficient (Wildman–Crippen LogP) is 8.27. The molecule has 164 valence electrons. The molecule has 0 aliphatic heterocycles. The number of carbonyl (C=O) groups excluding carboxylic acids is 1. The van der Waals surface area contributed by atoms with E-state index in [0.29, 0.717) is 33.4 Å². The first kappa shape index (κ1) is 20.9. The van der Waals surface area contributed by atoms with E-state index in [4.69, 9.17) is 23.2 Å². The molecule has 1 aromatic heterocycles. The van der Waals surface area contributed by atoms with Gasteiger partial charge in [-0.15, -0.1) is 0 Å². The van der Waals surface area contributed by atoms with Gasteiger partial charge in [-0.2, -0.15) is 0 Å². The lowest BCUT2D eigenvalue weighted by Crippen LogP contribution is -2.03. The molecule has 5 aromatic carbocycles. The molecule has 6 rings (SSSR count). The molecular weight excluding hydrogens is 463 g/mol. The number of hydrogen-bond acceptors (Lipinski definition) is 2. The van der Waals surface area contributed by atoms with Gasteiger partial charge in [0.2, 0.25) is 0 Å². The lowest BCUT2D eigenvalue weighted by atomic mass is 9.98. The predicted molar refractivity (Wildman–Crippen MR) is 141 cm³/mol. The van der Waals surface area contributed by atoms with Gasteiger partial charge in [-0.25, -0.2) is 4.98 Å². The summed E-state index contributed by atoms with van der Waals surface area (Å²) >= 11 is 12.7. The van der Waals surface area contributed by atoms with Crippen LogP contribution in [0, 0.1) is 0 Å². The summed E-state index contributed by atoms with van der Waals surface area (Å²) in [7, 11) is 0. The van der Waals surface area contributed by atoms with Crippen LogP contribution in [0.3, 0.4) is 0 Å². The minimum absolute atomic E-state index is 0.0500. The summed E-state index contributed by atoms with van der Waals surface area (Å²) in [5, 5.41) is 5.74. The van der Waals surface area contributed by atoms with E-state index in [1.807, 2.05) is 36.4 Å². The second kappa shape index (κ2) is 8.28. The van der Waals surface area contributed by atoms with Gasteiger partial charge in [0, 0.05) is 12.0 Å². The molecule has 0 bridgehead atoms. The van der Waals surface area contributed by atoms with Crippen molar-refractivity contribution in [3.8, 4) is 11.4 Å². The molecule has 0 radical (unpaired) electrons. The van der Waals surface area contributed by atoms with Gasteiger partial charge in [0.25, 0.3) is 0 Å². The largest absolute Gasteiger partial charge is 0.338 e. The lowest BCUT2D eigenvalue weighted by molar-refractivity contribution is 0.0993. The van der Waals surface area contributed by atoms with Crippen molar-refractivity contribution in [1.82, 2.24) is 9.97 Å². The standard InChI is InChI=1S/C29H18Cl2N2O/c30-23-6-3-7-24(31)28(23)29-32-25-11-10-21(16-26(25)33-29)27(34)13-17-8-9-20-14-18-4-1-2-5-19(18)15-22(20)12-17/h1-12,14-16H,13H2,(H,32,33). The Kier molecular flexibility index (Phi) is 5.09. The number of carbonyl (C=O) groups is 1. The Balaban J connectivity index is 1.31. The fourth-order valence-corrected chi connectivity index (χ4v) is 4.99. The van der Waals surface area contributed by atoms with E-state index in [1.165, 1.54) is 16.2 Å². The number of imidazole rings is 1. The van der Waals surface area contributed by atoms with Crippen LogP contribution in [0.2, 0.25) is 10.0 Å². The second-order valence-corrected chi connectivity index (χ2v) is 9.21. The average molecular weight is 481 g/mol. The maximum atomic E-state index is 13.1. The molecule has 0 spiro atoms. The molecule has 0 fully saturated rings. The summed E-state index contributed by atoms with van der Waals surface area (Å²) in [4.78, 5) is 21.0. The molecule has 0 saturated heterocycles. The Hall–Kier alpha value is -3.66. The van der Waals surface area contributed by atoms with Crippen LogP contribution >= 0.6 is 23.2 Å². The van der Waals surface area contributed by atoms with Gasteiger partial charge in [0.15, 0.2) is 5.78 Å². The highest BCUT2D eigenvalue weighted by Crippen LogP contribution is 2.34. The number of halogens is 2. The zero-order valence-corrected chi connectivity index (χ0v) is 19.5. The summed E-state index contributed by atoms with van der Waals surface area (Å²) in [6, 6.07) is 29.7. The minimum Gasteiger partial charge on any atom is -0.338 e. The lowest BCUT2D eigenvalue weighted by Gasteiger charge is -2.06. The molecule has 1 N–H and O–H groups in total. The SMILES string of the molecule is O=C(Cc1ccc2cc3ccccc3cc2c1)c1ccc2nc(-c3c(Cl)cccc3Cl)[nH]c2c1. The molecule has 0 saturated carbocycles. The average Bonchev–Trinajstić information content (AvgIpc) is 3.25. The number of fused-ring (bicyclic) bond motifs is 3. The number of benzene rings is 5. The van der Waals surface area contributed by atoms with E-state index < -0.39 is 0 Å². The minimum atomic E-state index is 0.0500. The molecule has 0 aliphatic carbocycles. The van der Waals surface area contributed by atoms with Crippen molar-refractivity contribution in [2.24, 2.45) is 0 Å². The molecule has 34 heavy (non-hydrogen) atoms. The number of aromatic nitrogens is 2. The Morgan fingerprint density at radius 2 is 1.44 bits per heavy atom. The van der Waals surface area contributed by atoms with Gasteiger partial charge in [0.05, 0.1) is 26.6 Å². The van der Waals surface area contributed by atoms with Crippen molar-refractivity contribution in [1.29, 1.82) is 0 Å². The molecule has 1 heterocycles. The smallest absolute Gasteiger partial charge is 0.167 e. The highest BCUT2D eigenvalue weighted by atomic mass is 35.5. The van der Waals surface area contributed by atoms with E-state index in [1.54, 1.807) is 18.2 Å². The molecule has 3 nitrogen and oxygen atoms in total. The van der Waals surface area contributed by atoms with E-state index in [-0.39, 0.29) is 5.78 Å². The second-order valence-electron chi connectivity index (χ2n) is 8.39. The number of rotatable bonds is 4.